The van der Waals surface area contributed by atoms with Crippen LogP contribution in [0.25, 0.3) is 11.4 Å². The molecule has 0 spiro atoms. The second kappa shape index (κ2) is 6.66. The van der Waals surface area contributed by atoms with Gasteiger partial charge in [-0.05, 0) is 36.0 Å². The van der Waals surface area contributed by atoms with E-state index in [9.17, 15) is 0 Å². The fraction of sp³-hybridized carbons (Fsp3) is 0.176. The minimum Gasteiger partial charge on any atom is -0.493 e. The molecule has 1 aromatic heterocycles. The molecule has 0 aliphatic heterocycles. The maximum atomic E-state index is 5.86. The molecule has 0 amide bonds. The summed E-state index contributed by atoms with van der Waals surface area (Å²) in [5.74, 6) is 2.10. The van der Waals surface area contributed by atoms with Crippen LogP contribution in [0.5, 0.6) is 11.5 Å². The van der Waals surface area contributed by atoms with E-state index in [1.54, 1.807) is 7.11 Å². The van der Waals surface area contributed by atoms with E-state index in [4.69, 9.17) is 21.7 Å². The number of benzene rings is 2. The number of aromatic nitrogens is 3. The van der Waals surface area contributed by atoms with Crippen molar-refractivity contribution in [3.63, 3.8) is 0 Å². The van der Waals surface area contributed by atoms with Crippen molar-refractivity contribution in [2.75, 3.05) is 7.11 Å². The summed E-state index contributed by atoms with van der Waals surface area (Å²) in [4.78, 5) is 0. The highest BCUT2D eigenvalue weighted by Crippen LogP contribution is 2.32. The summed E-state index contributed by atoms with van der Waals surface area (Å²) >= 11 is 5.15. The van der Waals surface area contributed by atoms with Crippen LogP contribution in [0.15, 0.2) is 48.5 Å². The summed E-state index contributed by atoms with van der Waals surface area (Å²) in [6, 6.07) is 15.7. The van der Waals surface area contributed by atoms with Crippen LogP contribution < -0.4 is 9.47 Å². The lowest BCUT2D eigenvalue weighted by Crippen LogP contribution is -1.99. The first-order chi connectivity index (χ1) is 11.2. The van der Waals surface area contributed by atoms with Gasteiger partial charge in [0, 0.05) is 12.6 Å². The van der Waals surface area contributed by atoms with Crippen molar-refractivity contribution in [3.05, 3.63) is 58.9 Å². The molecule has 5 nitrogen and oxygen atoms in total. The van der Waals surface area contributed by atoms with Crippen molar-refractivity contribution in [3.8, 4) is 22.9 Å². The molecule has 3 aromatic rings. The lowest BCUT2D eigenvalue weighted by atomic mass is 10.2. The second-order valence-electron chi connectivity index (χ2n) is 5.05. The molecule has 0 aliphatic rings. The Hall–Kier alpha value is -2.60. The average Bonchev–Trinajstić information content (AvgIpc) is 2.93. The molecular formula is C17H17N3O2S. The van der Waals surface area contributed by atoms with E-state index in [1.165, 1.54) is 0 Å². The summed E-state index contributed by atoms with van der Waals surface area (Å²) in [5.41, 5.74) is 2.01. The van der Waals surface area contributed by atoms with Gasteiger partial charge in [-0.3, -0.25) is 5.10 Å². The number of H-pyrrole nitrogens is 1. The Morgan fingerprint density at radius 2 is 1.91 bits per heavy atom. The van der Waals surface area contributed by atoms with Gasteiger partial charge >= 0.3 is 0 Å². The topological polar surface area (TPSA) is 52.1 Å². The molecule has 23 heavy (non-hydrogen) atoms. The van der Waals surface area contributed by atoms with Crippen LogP contribution in [0.2, 0.25) is 0 Å². The number of nitrogens with one attached hydrogen (secondary N) is 1. The lowest BCUT2D eigenvalue weighted by Gasteiger charge is -2.12. The predicted molar refractivity (Wildman–Crippen MR) is 91.2 cm³/mol. The van der Waals surface area contributed by atoms with Crippen LogP contribution in [-0.4, -0.2) is 21.9 Å². The number of methoxy groups -OCH3 is 1. The molecule has 6 heteroatoms. The molecule has 0 bridgehead atoms. The normalized spacial score (nSPS) is 10.5. The van der Waals surface area contributed by atoms with Crippen LogP contribution >= 0.6 is 12.2 Å². The highest BCUT2D eigenvalue weighted by molar-refractivity contribution is 7.71. The average molecular weight is 327 g/mol. The van der Waals surface area contributed by atoms with Crippen molar-refractivity contribution in [1.29, 1.82) is 0 Å². The van der Waals surface area contributed by atoms with Gasteiger partial charge in [0.25, 0.3) is 0 Å². The Balaban J connectivity index is 1.85. The van der Waals surface area contributed by atoms with Gasteiger partial charge in [-0.15, -0.1) is 0 Å². The summed E-state index contributed by atoms with van der Waals surface area (Å²) in [6.07, 6.45) is 0. The van der Waals surface area contributed by atoms with Gasteiger partial charge in [-0.25, -0.2) is 0 Å². The third-order valence-corrected chi connectivity index (χ3v) is 3.90. The highest BCUT2D eigenvalue weighted by atomic mass is 32.1. The Morgan fingerprint density at radius 3 is 2.57 bits per heavy atom. The van der Waals surface area contributed by atoms with Gasteiger partial charge in [0.15, 0.2) is 22.1 Å². The van der Waals surface area contributed by atoms with Crippen LogP contribution in [0.1, 0.15) is 5.56 Å². The molecule has 0 atom stereocenters. The van der Waals surface area contributed by atoms with Crippen LogP contribution in [0, 0.1) is 4.77 Å². The molecule has 0 radical (unpaired) electrons. The van der Waals surface area contributed by atoms with E-state index >= 15 is 0 Å². The zero-order valence-corrected chi connectivity index (χ0v) is 13.8. The second-order valence-corrected chi connectivity index (χ2v) is 5.44. The van der Waals surface area contributed by atoms with Crippen molar-refractivity contribution < 1.29 is 9.47 Å². The molecule has 118 valence electrons. The van der Waals surface area contributed by atoms with E-state index in [0.717, 1.165) is 17.0 Å². The molecule has 2 aromatic carbocycles. The van der Waals surface area contributed by atoms with Crippen LogP contribution in [0.3, 0.4) is 0 Å². The zero-order chi connectivity index (χ0) is 16.2. The summed E-state index contributed by atoms with van der Waals surface area (Å²) < 4.78 is 13.7. The Kier molecular flexibility index (Phi) is 4.43. The SMILES string of the molecule is COc1cc(-c2n[nH]c(=S)n2C)ccc1OCc1ccccc1. The molecule has 0 saturated carbocycles. The Morgan fingerprint density at radius 1 is 1.13 bits per heavy atom. The number of nitrogens with zero attached hydrogens (tertiary/aromatic N) is 2. The van der Waals surface area contributed by atoms with Gasteiger partial charge in [0.05, 0.1) is 7.11 Å². The Bertz CT molecular complexity index is 856. The van der Waals surface area contributed by atoms with Gasteiger partial charge in [0.1, 0.15) is 6.61 Å². The van der Waals surface area contributed by atoms with E-state index in [2.05, 4.69) is 10.2 Å². The summed E-state index contributed by atoms with van der Waals surface area (Å²) in [6.45, 7) is 0.489. The number of aromatic amines is 1. The molecule has 0 unspecified atom stereocenters. The van der Waals surface area contributed by atoms with E-state index in [1.807, 2.05) is 60.1 Å². The fourth-order valence-corrected chi connectivity index (χ4v) is 2.40. The summed E-state index contributed by atoms with van der Waals surface area (Å²) in [5, 5.41) is 7.01. The molecule has 0 saturated heterocycles. The van der Waals surface area contributed by atoms with Crippen molar-refractivity contribution >= 4 is 12.2 Å². The highest BCUT2D eigenvalue weighted by Gasteiger charge is 2.11. The van der Waals surface area contributed by atoms with Crippen molar-refractivity contribution in [2.45, 2.75) is 6.61 Å². The first-order valence-corrected chi connectivity index (χ1v) is 7.56. The van der Waals surface area contributed by atoms with Crippen LogP contribution in [0.4, 0.5) is 0 Å². The standard InChI is InChI=1S/C17H17N3O2S/c1-20-16(18-19-17(20)23)13-8-9-14(15(10-13)21-2)22-11-12-6-4-3-5-7-12/h3-10H,11H2,1-2H3,(H,19,23). The Labute approximate surface area is 139 Å². The molecule has 0 fully saturated rings. The number of hydrogen-bond donors (Lipinski definition) is 1. The fourth-order valence-electron chi connectivity index (χ4n) is 2.27. The molecule has 3 rings (SSSR count). The predicted octanol–water partition coefficient (Wildman–Crippen LogP) is 3.73. The molecule has 1 N–H and O–H groups in total. The minimum absolute atomic E-state index is 0.489. The largest absolute Gasteiger partial charge is 0.493 e. The van der Waals surface area contributed by atoms with Crippen molar-refractivity contribution in [2.24, 2.45) is 7.05 Å². The summed E-state index contributed by atoms with van der Waals surface area (Å²) in [7, 11) is 3.49. The number of rotatable bonds is 5. The molecular weight excluding hydrogens is 310 g/mol. The molecule has 1 heterocycles. The quantitative estimate of drug-likeness (QED) is 0.726. The smallest absolute Gasteiger partial charge is 0.195 e. The van der Waals surface area contributed by atoms with Gasteiger partial charge in [-0.1, -0.05) is 30.3 Å². The van der Waals surface area contributed by atoms with E-state index in [-0.39, 0.29) is 0 Å². The van der Waals surface area contributed by atoms with Crippen LogP contribution in [-0.2, 0) is 13.7 Å². The zero-order valence-electron chi connectivity index (χ0n) is 12.9. The first-order valence-electron chi connectivity index (χ1n) is 7.15. The van der Waals surface area contributed by atoms with E-state index in [0.29, 0.717) is 22.9 Å². The minimum atomic E-state index is 0.489. The lowest BCUT2D eigenvalue weighted by molar-refractivity contribution is 0.284. The number of hydrogen-bond acceptors (Lipinski definition) is 4. The van der Waals surface area contributed by atoms with Gasteiger partial charge in [0.2, 0.25) is 0 Å². The maximum Gasteiger partial charge on any atom is 0.195 e. The van der Waals surface area contributed by atoms with Crippen molar-refractivity contribution in [1.82, 2.24) is 14.8 Å². The van der Waals surface area contributed by atoms with E-state index < -0.39 is 0 Å². The monoisotopic (exact) mass is 327 g/mol. The maximum absolute atomic E-state index is 5.86. The first kappa shape index (κ1) is 15.3. The van der Waals surface area contributed by atoms with Gasteiger partial charge < -0.3 is 14.0 Å². The third kappa shape index (κ3) is 3.27. The van der Waals surface area contributed by atoms with Gasteiger partial charge in [-0.2, -0.15) is 5.10 Å². The molecule has 0 aliphatic carbocycles. The third-order valence-electron chi connectivity index (χ3n) is 3.54. The number of ether oxygens (including phenoxy) is 2.